The van der Waals surface area contributed by atoms with Crippen LogP contribution in [0.3, 0.4) is 0 Å². The van der Waals surface area contributed by atoms with Crippen LogP contribution in [0.1, 0.15) is 25.1 Å². The van der Waals surface area contributed by atoms with Gasteiger partial charge in [-0.3, -0.25) is 14.7 Å². The first-order chi connectivity index (χ1) is 8.16. The van der Waals surface area contributed by atoms with Crippen molar-refractivity contribution in [3.8, 4) is 0 Å². The first-order valence-electron chi connectivity index (χ1n) is 5.51. The van der Waals surface area contributed by atoms with E-state index in [-0.39, 0.29) is 17.7 Å². The van der Waals surface area contributed by atoms with Gasteiger partial charge in [0.1, 0.15) is 12.2 Å². The number of carbonyl (C=O) groups is 2. The van der Waals surface area contributed by atoms with Crippen molar-refractivity contribution in [2.45, 2.75) is 25.8 Å². The lowest BCUT2D eigenvalue weighted by Crippen LogP contribution is -2.29. The SMILES string of the molecule is O=C(O)C1CCC(C(=O)NCc2ncn[nH]2)C1. The average molecular weight is 238 g/mol. The molecule has 3 N–H and O–H groups in total. The van der Waals surface area contributed by atoms with E-state index in [1.54, 1.807) is 0 Å². The summed E-state index contributed by atoms with van der Waals surface area (Å²) in [7, 11) is 0. The van der Waals surface area contributed by atoms with Crippen LogP contribution in [0.5, 0.6) is 0 Å². The highest BCUT2D eigenvalue weighted by Gasteiger charge is 2.33. The Morgan fingerprint density at radius 3 is 2.82 bits per heavy atom. The number of rotatable bonds is 4. The van der Waals surface area contributed by atoms with E-state index in [0.717, 1.165) is 0 Å². The Kier molecular flexibility index (Phi) is 3.36. The van der Waals surface area contributed by atoms with Crippen molar-refractivity contribution in [2.75, 3.05) is 0 Å². The summed E-state index contributed by atoms with van der Waals surface area (Å²) >= 11 is 0. The molecule has 2 unspecified atom stereocenters. The third-order valence-electron chi connectivity index (χ3n) is 3.05. The van der Waals surface area contributed by atoms with E-state index < -0.39 is 5.97 Å². The number of aromatic nitrogens is 3. The molecule has 7 heteroatoms. The summed E-state index contributed by atoms with van der Waals surface area (Å²) < 4.78 is 0. The third-order valence-corrected chi connectivity index (χ3v) is 3.05. The van der Waals surface area contributed by atoms with Crippen LogP contribution in [0, 0.1) is 11.8 Å². The minimum Gasteiger partial charge on any atom is -0.481 e. The van der Waals surface area contributed by atoms with Gasteiger partial charge in [0, 0.05) is 5.92 Å². The van der Waals surface area contributed by atoms with E-state index in [2.05, 4.69) is 20.5 Å². The van der Waals surface area contributed by atoms with Gasteiger partial charge < -0.3 is 10.4 Å². The van der Waals surface area contributed by atoms with Crippen LogP contribution in [0.15, 0.2) is 6.33 Å². The zero-order valence-corrected chi connectivity index (χ0v) is 9.22. The fraction of sp³-hybridized carbons (Fsp3) is 0.600. The number of aliphatic carboxylic acids is 1. The topological polar surface area (TPSA) is 108 Å². The van der Waals surface area contributed by atoms with Crippen LogP contribution in [0.2, 0.25) is 0 Å². The van der Waals surface area contributed by atoms with Crippen molar-refractivity contribution >= 4 is 11.9 Å². The summed E-state index contributed by atoms with van der Waals surface area (Å²) in [5, 5.41) is 17.9. The Hall–Kier alpha value is -1.92. The molecule has 1 aliphatic rings. The smallest absolute Gasteiger partial charge is 0.306 e. The van der Waals surface area contributed by atoms with Crippen LogP contribution < -0.4 is 5.32 Å². The molecule has 1 aromatic heterocycles. The predicted octanol–water partition coefficient (Wildman–Crippen LogP) is -0.0782. The molecule has 0 saturated heterocycles. The maximum absolute atomic E-state index is 11.7. The lowest BCUT2D eigenvalue weighted by Gasteiger charge is -2.09. The second-order valence-electron chi connectivity index (χ2n) is 4.20. The molecule has 92 valence electrons. The molecule has 0 aliphatic heterocycles. The molecule has 0 radical (unpaired) electrons. The van der Waals surface area contributed by atoms with Crippen LogP contribution in [0.25, 0.3) is 0 Å². The molecule has 1 amide bonds. The summed E-state index contributed by atoms with van der Waals surface area (Å²) in [6.45, 7) is 0.299. The molecule has 17 heavy (non-hydrogen) atoms. The zero-order chi connectivity index (χ0) is 12.3. The fourth-order valence-electron chi connectivity index (χ4n) is 2.08. The molecular weight excluding hydrogens is 224 g/mol. The highest BCUT2D eigenvalue weighted by Crippen LogP contribution is 2.31. The van der Waals surface area contributed by atoms with Crippen molar-refractivity contribution in [1.82, 2.24) is 20.5 Å². The van der Waals surface area contributed by atoms with Gasteiger partial charge in [-0.2, -0.15) is 5.10 Å². The second-order valence-corrected chi connectivity index (χ2v) is 4.20. The van der Waals surface area contributed by atoms with Crippen molar-refractivity contribution in [3.05, 3.63) is 12.2 Å². The number of nitrogens with zero attached hydrogens (tertiary/aromatic N) is 2. The molecule has 1 heterocycles. The minimum atomic E-state index is -0.810. The van der Waals surface area contributed by atoms with Gasteiger partial charge in [0.25, 0.3) is 0 Å². The Bertz CT molecular complexity index is 404. The molecule has 2 rings (SSSR count). The van der Waals surface area contributed by atoms with Gasteiger partial charge in [-0.15, -0.1) is 0 Å². The Morgan fingerprint density at radius 2 is 2.24 bits per heavy atom. The molecule has 2 atom stereocenters. The summed E-state index contributed by atoms with van der Waals surface area (Å²) in [6.07, 6.45) is 3.02. The number of carboxylic acids is 1. The molecule has 1 saturated carbocycles. The highest BCUT2D eigenvalue weighted by molar-refractivity contribution is 5.80. The predicted molar refractivity (Wildman–Crippen MR) is 56.7 cm³/mol. The van der Waals surface area contributed by atoms with Gasteiger partial charge in [-0.05, 0) is 19.3 Å². The molecule has 0 spiro atoms. The largest absolute Gasteiger partial charge is 0.481 e. The van der Waals surface area contributed by atoms with E-state index in [4.69, 9.17) is 5.11 Å². The number of aromatic amines is 1. The molecule has 1 aromatic rings. The maximum atomic E-state index is 11.7. The summed E-state index contributed by atoms with van der Waals surface area (Å²) in [4.78, 5) is 26.4. The number of carboxylic acid groups (broad SMARTS) is 1. The van der Waals surface area contributed by atoms with Crippen molar-refractivity contribution in [3.63, 3.8) is 0 Å². The second kappa shape index (κ2) is 4.94. The van der Waals surface area contributed by atoms with Gasteiger partial charge in [-0.1, -0.05) is 0 Å². The Labute approximate surface area is 97.6 Å². The van der Waals surface area contributed by atoms with E-state index in [0.29, 0.717) is 31.6 Å². The van der Waals surface area contributed by atoms with Crippen LogP contribution in [0.4, 0.5) is 0 Å². The van der Waals surface area contributed by atoms with E-state index in [1.165, 1.54) is 6.33 Å². The number of nitrogens with one attached hydrogen (secondary N) is 2. The number of hydrogen-bond acceptors (Lipinski definition) is 4. The third kappa shape index (κ3) is 2.80. The van der Waals surface area contributed by atoms with Crippen LogP contribution in [-0.4, -0.2) is 32.2 Å². The monoisotopic (exact) mass is 238 g/mol. The van der Waals surface area contributed by atoms with E-state index in [1.807, 2.05) is 0 Å². The van der Waals surface area contributed by atoms with Crippen molar-refractivity contribution in [2.24, 2.45) is 11.8 Å². The Balaban J connectivity index is 1.79. The first kappa shape index (κ1) is 11.6. The zero-order valence-electron chi connectivity index (χ0n) is 9.22. The summed E-state index contributed by atoms with van der Waals surface area (Å²) in [5.74, 6) is -0.901. The fourth-order valence-corrected chi connectivity index (χ4v) is 2.08. The molecule has 1 aliphatic carbocycles. The molecule has 0 bridgehead atoms. The van der Waals surface area contributed by atoms with E-state index >= 15 is 0 Å². The van der Waals surface area contributed by atoms with Crippen molar-refractivity contribution in [1.29, 1.82) is 0 Å². The minimum absolute atomic E-state index is 0.106. The van der Waals surface area contributed by atoms with Crippen LogP contribution in [-0.2, 0) is 16.1 Å². The molecule has 0 aromatic carbocycles. The molecular formula is C10H14N4O3. The van der Waals surface area contributed by atoms with Gasteiger partial charge in [0.05, 0.1) is 12.5 Å². The number of H-pyrrole nitrogens is 1. The number of carbonyl (C=O) groups excluding carboxylic acids is 1. The van der Waals surface area contributed by atoms with Gasteiger partial charge in [0.15, 0.2) is 0 Å². The lowest BCUT2D eigenvalue weighted by molar-refractivity contribution is -0.141. The summed E-state index contributed by atoms with van der Waals surface area (Å²) in [6, 6.07) is 0. The van der Waals surface area contributed by atoms with Gasteiger partial charge in [0.2, 0.25) is 5.91 Å². The van der Waals surface area contributed by atoms with Crippen molar-refractivity contribution < 1.29 is 14.7 Å². The first-order valence-corrected chi connectivity index (χ1v) is 5.51. The van der Waals surface area contributed by atoms with Crippen LogP contribution >= 0.6 is 0 Å². The highest BCUT2D eigenvalue weighted by atomic mass is 16.4. The standard InChI is InChI=1S/C10H14N4O3/c15-9(11-4-8-12-5-13-14-8)6-1-2-7(3-6)10(16)17/h5-7H,1-4H2,(H,11,15)(H,16,17)(H,12,13,14). The average Bonchev–Trinajstić information content (AvgIpc) is 2.96. The van der Waals surface area contributed by atoms with Gasteiger partial charge in [-0.25, -0.2) is 4.98 Å². The van der Waals surface area contributed by atoms with Gasteiger partial charge >= 0.3 is 5.97 Å². The van der Waals surface area contributed by atoms with E-state index in [9.17, 15) is 9.59 Å². The lowest BCUT2D eigenvalue weighted by atomic mass is 10.0. The normalized spacial score (nSPS) is 23.5. The number of amides is 1. The quantitative estimate of drug-likeness (QED) is 0.680. The molecule has 1 fully saturated rings. The number of hydrogen-bond donors (Lipinski definition) is 3. The maximum Gasteiger partial charge on any atom is 0.306 e. The Morgan fingerprint density at radius 1 is 1.47 bits per heavy atom. The summed E-state index contributed by atoms with van der Waals surface area (Å²) in [5.41, 5.74) is 0. The molecule has 7 nitrogen and oxygen atoms in total.